The van der Waals surface area contributed by atoms with Gasteiger partial charge in [-0.25, -0.2) is 0 Å². The van der Waals surface area contributed by atoms with Crippen molar-refractivity contribution in [2.24, 2.45) is 0 Å². The van der Waals surface area contributed by atoms with Gasteiger partial charge in [-0.3, -0.25) is 0 Å². The van der Waals surface area contributed by atoms with E-state index < -0.39 is 0 Å². The second kappa shape index (κ2) is 9.43. The van der Waals surface area contributed by atoms with Crippen molar-refractivity contribution in [1.82, 2.24) is 0 Å². The van der Waals surface area contributed by atoms with Crippen LogP contribution in [0.2, 0.25) is 0 Å². The number of thioether (sulfide) groups is 2. The maximum Gasteiger partial charge on any atom is 0.0166 e. The molecule has 4 heteroatoms. The fourth-order valence-corrected chi connectivity index (χ4v) is 5.32. The Balaban J connectivity index is 2.35. The van der Waals surface area contributed by atoms with Crippen LogP contribution in [0, 0.1) is 0 Å². The molecule has 0 bridgehead atoms. The minimum atomic E-state index is 0.879. The Morgan fingerprint density at radius 2 is 1.27 bits per heavy atom. The first kappa shape index (κ1) is 14.5. The van der Waals surface area contributed by atoms with Gasteiger partial charge >= 0.3 is 0 Å². The van der Waals surface area contributed by atoms with Crippen molar-refractivity contribution < 1.29 is 0 Å². The molecule has 1 aliphatic rings. The normalized spacial score (nSPS) is 27.6. The highest BCUT2D eigenvalue weighted by Gasteiger charge is 2.23. The van der Waals surface area contributed by atoms with E-state index in [0.29, 0.717) is 0 Å². The Bertz CT molecular complexity index is 136. The minimum Gasteiger partial charge on any atom is -0.179 e. The number of rotatable bonds is 6. The molecule has 0 N–H and O–H groups in total. The first-order valence-electron chi connectivity index (χ1n) is 5.83. The molecule has 15 heavy (non-hydrogen) atoms. The Hall–Kier alpha value is 1.40. The topological polar surface area (TPSA) is 0 Å². The molecule has 0 aromatic rings. The smallest absolute Gasteiger partial charge is 0.0166 e. The van der Waals surface area contributed by atoms with Crippen LogP contribution in [-0.2, 0) is 0 Å². The van der Waals surface area contributed by atoms with Gasteiger partial charge in [0.05, 0.1) is 0 Å². The van der Waals surface area contributed by atoms with Gasteiger partial charge in [0.2, 0.25) is 0 Å². The molecule has 0 heterocycles. The Morgan fingerprint density at radius 1 is 0.800 bits per heavy atom. The fraction of sp³-hybridized carbons (Fsp3) is 1.00. The van der Waals surface area contributed by atoms with Crippen molar-refractivity contribution in [3.63, 3.8) is 0 Å². The molecule has 1 aliphatic carbocycles. The molecule has 90 valence electrons. The van der Waals surface area contributed by atoms with E-state index in [-0.39, 0.29) is 0 Å². The lowest BCUT2D eigenvalue weighted by Gasteiger charge is -2.23. The van der Waals surface area contributed by atoms with Gasteiger partial charge in [0.15, 0.2) is 0 Å². The Morgan fingerprint density at radius 3 is 1.67 bits per heavy atom. The van der Waals surface area contributed by atoms with Crippen LogP contribution in [0.4, 0.5) is 0 Å². The van der Waals surface area contributed by atoms with Gasteiger partial charge in [0.1, 0.15) is 0 Å². The highest BCUT2D eigenvalue weighted by molar-refractivity contribution is 8.04. The van der Waals surface area contributed by atoms with Crippen LogP contribution in [0.5, 0.6) is 0 Å². The van der Waals surface area contributed by atoms with E-state index in [2.05, 4.69) is 48.8 Å². The fourth-order valence-electron chi connectivity index (χ4n) is 2.03. The van der Waals surface area contributed by atoms with Crippen LogP contribution >= 0.6 is 48.8 Å². The molecule has 0 aliphatic heterocycles. The summed E-state index contributed by atoms with van der Waals surface area (Å²) in [6.45, 7) is 0. The average molecular weight is 283 g/mol. The molecule has 1 saturated carbocycles. The lowest BCUT2D eigenvalue weighted by Crippen LogP contribution is -2.20. The van der Waals surface area contributed by atoms with E-state index >= 15 is 0 Å². The van der Waals surface area contributed by atoms with Crippen LogP contribution in [0.1, 0.15) is 32.1 Å². The second-order valence-corrected chi connectivity index (χ2v) is 7.49. The molecule has 2 atom stereocenters. The van der Waals surface area contributed by atoms with E-state index in [1.807, 2.05) is 0 Å². The maximum atomic E-state index is 4.31. The van der Waals surface area contributed by atoms with Crippen molar-refractivity contribution in [2.45, 2.75) is 42.6 Å². The molecule has 1 rings (SSSR count). The predicted octanol–water partition coefficient (Wildman–Crippen LogP) is 4.01. The lowest BCUT2D eigenvalue weighted by molar-refractivity contribution is 0.704. The first-order valence-corrected chi connectivity index (χ1v) is 9.19. The summed E-state index contributed by atoms with van der Waals surface area (Å²) in [4.78, 5) is 0. The van der Waals surface area contributed by atoms with E-state index in [1.165, 1.54) is 43.6 Å². The standard InChI is InChI=1S/C11H22S4/c12-6-8-14-10-4-2-1-3-5-11(10)15-9-7-13/h10-13H,1-9H2/t10-,11+. The molecule has 0 nitrogen and oxygen atoms in total. The molecule has 1 fully saturated rings. The van der Waals surface area contributed by atoms with Crippen LogP contribution in [-0.4, -0.2) is 33.5 Å². The van der Waals surface area contributed by atoms with Gasteiger partial charge in [0.25, 0.3) is 0 Å². The van der Waals surface area contributed by atoms with E-state index in [9.17, 15) is 0 Å². The molecular weight excluding hydrogens is 260 g/mol. The van der Waals surface area contributed by atoms with Gasteiger partial charge in [-0.1, -0.05) is 19.3 Å². The van der Waals surface area contributed by atoms with Gasteiger partial charge in [-0.15, -0.1) is 0 Å². The average Bonchev–Trinajstić information content (AvgIpc) is 2.48. The third kappa shape index (κ3) is 6.04. The predicted molar refractivity (Wildman–Crippen MR) is 83.3 cm³/mol. The zero-order chi connectivity index (χ0) is 10.9. The lowest BCUT2D eigenvalue weighted by atomic mass is 10.2. The zero-order valence-corrected chi connectivity index (χ0v) is 12.7. The summed E-state index contributed by atoms with van der Waals surface area (Å²) in [6.07, 6.45) is 7.14. The quantitative estimate of drug-likeness (QED) is 0.558. The number of hydrogen-bond donors (Lipinski definition) is 2. The second-order valence-electron chi connectivity index (χ2n) is 3.90. The summed E-state index contributed by atoms with van der Waals surface area (Å²) in [5.74, 6) is 4.47. The summed E-state index contributed by atoms with van der Waals surface area (Å²) in [7, 11) is 0. The van der Waals surface area contributed by atoms with Gasteiger partial charge in [-0.05, 0) is 24.3 Å². The number of hydrogen-bond acceptors (Lipinski definition) is 4. The van der Waals surface area contributed by atoms with E-state index in [0.717, 1.165) is 22.0 Å². The van der Waals surface area contributed by atoms with E-state index in [1.54, 1.807) is 0 Å². The summed E-state index contributed by atoms with van der Waals surface area (Å²) < 4.78 is 0. The molecule has 0 amide bonds. The summed E-state index contributed by atoms with van der Waals surface area (Å²) in [6, 6.07) is 0. The van der Waals surface area contributed by atoms with E-state index in [4.69, 9.17) is 0 Å². The van der Waals surface area contributed by atoms with Crippen LogP contribution in [0.25, 0.3) is 0 Å². The SMILES string of the molecule is SCCS[C@H]1CCCCC[C@H]1SCCS. The molecule has 0 aromatic heterocycles. The zero-order valence-electron chi connectivity index (χ0n) is 9.23. The van der Waals surface area contributed by atoms with Gasteiger partial charge in [0, 0.05) is 22.0 Å². The minimum absolute atomic E-state index is 0.879. The van der Waals surface area contributed by atoms with Crippen LogP contribution in [0.3, 0.4) is 0 Å². The summed E-state index contributed by atoms with van der Waals surface area (Å²) >= 11 is 12.9. The Kier molecular flexibility index (Phi) is 9.09. The highest BCUT2D eigenvalue weighted by atomic mass is 32.2. The van der Waals surface area contributed by atoms with Gasteiger partial charge in [-0.2, -0.15) is 48.8 Å². The third-order valence-corrected chi connectivity index (χ3v) is 6.83. The molecule has 0 unspecified atom stereocenters. The Labute approximate surface area is 114 Å². The molecule has 0 spiro atoms. The number of thiol groups is 2. The largest absolute Gasteiger partial charge is 0.179 e. The molecular formula is C11H22S4. The maximum absolute atomic E-state index is 4.31. The van der Waals surface area contributed by atoms with Crippen molar-refractivity contribution in [3.05, 3.63) is 0 Å². The molecule has 0 saturated heterocycles. The van der Waals surface area contributed by atoms with Crippen molar-refractivity contribution in [2.75, 3.05) is 23.0 Å². The van der Waals surface area contributed by atoms with Crippen LogP contribution in [0.15, 0.2) is 0 Å². The molecule has 0 aromatic carbocycles. The first-order chi connectivity index (χ1) is 7.38. The van der Waals surface area contributed by atoms with Gasteiger partial charge < -0.3 is 0 Å². The summed E-state index contributed by atoms with van der Waals surface area (Å²) in [5.41, 5.74) is 0. The van der Waals surface area contributed by atoms with Crippen molar-refractivity contribution >= 4 is 48.8 Å². The third-order valence-electron chi connectivity index (χ3n) is 2.74. The highest BCUT2D eigenvalue weighted by Crippen LogP contribution is 2.35. The monoisotopic (exact) mass is 282 g/mol. The van der Waals surface area contributed by atoms with Crippen molar-refractivity contribution in [1.29, 1.82) is 0 Å². The summed E-state index contributed by atoms with van der Waals surface area (Å²) in [5, 5.41) is 1.76. The molecule has 0 radical (unpaired) electrons. The van der Waals surface area contributed by atoms with Crippen LogP contribution < -0.4 is 0 Å². The van der Waals surface area contributed by atoms with Crippen molar-refractivity contribution in [3.8, 4) is 0 Å².